The number of carboxylic acid groups (broad SMARTS) is 1. The summed E-state index contributed by atoms with van der Waals surface area (Å²) < 4.78 is 0. The molecular formula is C10H17ClO2. The van der Waals surface area contributed by atoms with Crippen molar-refractivity contribution < 1.29 is 9.90 Å². The van der Waals surface area contributed by atoms with E-state index in [-0.39, 0.29) is 17.8 Å². The number of carboxylic acids is 1. The van der Waals surface area contributed by atoms with Crippen LogP contribution in [0.5, 0.6) is 0 Å². The molecule has 0 bridgehead atoms. The van der Waals surface area contributed by atoms with Crippen molar-refractivity contribution in [2.24, 2.45) is 17.8 Å². The minimum atomic E-state index is -0.753. The Bertz CT molecular complexity index is 205. The molecule has 0 saturated heterocycles. The van der Waals surface area contributed by atoms with Crippen LogP contribution in [0.1, 0.15) is 27.7 Å². The van der Waals surface area contributed by atoms with Crippen LogP contribution in [0.3, 0.4) is 0 Å². The first-order valence-corrected chi connectivity index (χ1v) is 4.80. The molecule has 0 aliphatic carbocycles. The predicted molar refractivity (Wildman–Crippen MR) is 54.7 cm³/mol. The van der Waals surface area contributed by atoms with Crippen LogP contribution < -0.4 is 0 Å². The third kappa shape index (κ3) is 4.32. The van der Waals surface area contributed by atoms with Crippen LogP contribution in [-0.4, -0.2) is 11.1 Å². The summed E-state index contributed by atoms with van der Waals surface area (Å²) in [5.41, 5.74) is 0. The van der Waals surface area contributed by atoms with E-state index in [0.717, 1.165) is 0 Å². The van der Waals surface area contributed by atoms with Crippen molar-refractivity contribution >= 4 is 17.6 Å². The minimum absolute atomic E-state index is 0.0185. The van der Waals surface area contributed by atoms with Gasteiger partial charge in [0.05, 0.1) is 5.92 Å². The smallest absolute Gasteiger partial charge is 0.307 e. The molecule has 0 amide bonds. The van der Waals surface area contributed by atoms with Gasteiger partial charge in [0.1, 0.15) is 0 Å². The molecule has 2 atom stereocenters. The van der Waals surface area contributed by atoms with Gasteiger partial charge in [0.15, 0.2) is 0 Å². The van der Waals surface area contributed by atoms with E-state index in [1.165, 1.54) is 0 Å². The molecule has 0 saturated carbocycles. The molecule has 0 aromatic heterocycles. The van der Waals surface area contributed by atoms with Crippen molar-refractivity contribution in [3.05, 3.63) is 11.1 Å². The number of carbonyl (C=O) groups is 1. The van der Waals surface area contributed by atoms with Crippen LogP contribution in [0.15, 0.2) is 11.1 Å². The summed E-state index contributed by atoms with van der Waals surface area (Å²) in [6.07, 6.45) is 1.79. The van der Waals surface area contributed by atoms with Gasteiger partial charge in [0.2, 0.25) is 0 Å². The Morgan fingerprint density at radius 1 is 1.38 bits per heavy atom. The Morgan fingerprint density at radius 2 is 1.85 bits per heavy atom. The summed E-state index contributed by atoms with van der Waals surface area (Å²) in [6, 6.07) is 0. The molecule has 0 spiro atoms. The van der Waals surface area contributed by atoms with Gasteiger partial charge in [-0.05, 0) is 18.8 Å². The van der Waals surface area contributed by atoms with E-state index < -0.39 is 5.97 Å². The molecule has 0 rings (SSSR count). The number of hydrogen-bond acceptors (Lipinski definition) is 1. The lowest BCUT2D eigenvalue weighted by Crippen LogP contribution is -2.25. The lowest BCUT2D eigenvalue weighted by molar-refractivity contribution is -0.144. The molecule has 13 heavy (non-hydrogen) atoms. The zero-order valence-corrected chi connectivity index (χ0v) is 9.30. The number of allylic oxidation sites excluding steroid dienone is 2. The highest BCUT2D eigenvalue weighted by atomic mass is 35.5. The van der Waals surface area contributed by atoms with Gasteiger partial charge in [0.25, 0.3) is 0 Å². The summed E-state index contributed by atoms with van der Waals surface area (Å²) in [5, 5.41) is 9.61. The molecule has 3 heteroatoms. The van der Waals surface area contributed by atoms with Crippen molar-refractivity contribution in [3.63, 3.8) is 0 Å². The van der Waals surface area contributed by atoms with E-state index in [4.69, 9.17) is 16.7 Å². The van der Waals surface area contributed by atoms with Crippen LogP contribution >= 0.6 is 11.6 Å². The fraction of sp³-hybridized carbons (Fsp3) is 0.700. The van der Waals surface area contributed by atoms with Gasteiger partial charge in [-0.2, -0.15) is 0 Å². The Balaban J connectivity index is 4.56. The number of halogens is 1. The Morgan fingerprint density at radius 3 is 2.08 bits per heavy atom. The normalized spacial score (nSPS) is 17.2. The lowest BCUT2D eigenvalue weighted by atomic mass is 9.84. The van der Waals surface area contributed by atoms with E-state index in [2.05, 4.69) is 0 Å². The van der Waals surface area contributed by atoms with Crippen LogP contribution in [0.4, 0.5) is 0 Å². The average molecular weight is 205 g/mol. The van der Waals surface area contributed by atoms with Crippen LogP contribution in [0.2, 0.25) is 0 Å². The Kier molecular flexibility index (Phi) is 5.07. The standard InChI is InChI=1S/C10H17ClO2/c1-6(2)9(10(12)13)7(3)5-8(4)11/h5-7,9H,1-4H3,(H,12,13). The van der Waals surface area contributed by atoms with Crippen molar-refractivity contribution in [1.29, 1.82) is 0 Å². The average Bonchev–Trinajstić information content (AvgIpc) is 1.81. The van der Waals surface area contributed by atoms with Gasteiger partial charge in [-0.15, -0.1) is 0 Å². The van der Waals surface area contributed by atoms with Gasteiger partial charge in [-0.25, -0.2) is 0 Å². The minimum Gasteiger partial charge on any atom is -0.481 e. The molecule has 0 aliphatic rings. The van der Waals surface area contributed by atoms with E-state index in [1.54, 1.807) is 13.0 Å². The molecule has 0 aromatic rings. The van der Waals surface area contributed by atoms with Crippen LogP contribution in [0.25, 0.3) is 0 Å². The molecular weight excluding hydrogens is 188 g/mol. The van der Waals surface area contributed by atoms with Crippen LogP contribution in [-0.2, 0) is 4.79 Å². The fourth-order valence-electron chi connectivity index (χ4n) is 1.58. The molecule has 0 aromatic carbocycles. The zero-order chi connectivity index (χ0) is 10.6. The van der Waals surface area contributed by atoms with Crippen molar-refractivity contribution in [3.8, 4) is 0 Å². The van der Waals surface area contributed by atoms with Gasteiger partial charge in [-0.1, -0.05) is 38.4 Å². The van der Waals surface area contributed by atoms with Crippen molar-refractivity contribution in [2.45, 2.75) is 27.7 Å². The van der Waals surface area contributed by atoms with Gasteiger partial charge < -0.3 is 5.11 Å². The van der Waals surface area contributed by atoms with E-state index in [1.807, 2.05) is 20.8 Å². The maximum atomic E-state index is 10.9. The predicted octanol–water partition coefficient (Wildman–Crippen LogP) is 3.12. The molecule has 2 nitrogen and oxygen atoms in total. The molecule has 2 unspecified atom stereocenters. The maximum Gasteiger partial charge on any atom is 0.307 e. The molecule has 0 aliphatic heterocycles. The Labute approximate surface area is 84.6 Å². The van der Waals surface area contributed by atoms with Gasteiger partial charge >= 0.3 is 5.97 Å². The van der Waals surface area contributed by atoms with E-state index in [9.17, 15) is 4.79 Å². The summed E-state index contributed by atoms with van der Waals surface area (Å²) in [6.45, 7) is 7.46. The number of rotatable bonds is 4. The molecule has 1 N–H and O–H groups in total. The first-order chi connectivity index (χ1) is 5.86. The van der Waals surface area contributed by atoms with Crippen molar-refractivity contribution in [2.75, 3.05) is 0 Å². The SMILES string of the molecule is CC(Cl)=CC(C)C(C(=O)O)C(C)C. The van der Waals surface area contributed by atoms with Crippen LogP contribution in [0, 0.1) is 17.8 Å². The van der Waals surface area contributed by atoms with Gasteiger partial charge in [0, 0.05) is 5.03 Å². The van der Waals surface area contributed by atoms with E-state index in [0.29, 0.717) is 5.03 Å². The quantitative estimate of drug-likeness (QED) is 0.764. The first-order valence-electron chi connectivity index (χ1n) is 4.43. The first kappa shape index (κ1) is 12.5. The molecule has 0 heterocycles. The third-order valence-corrected chi connectivity index (χ3v) is 2.19. The number of aliphatic carboxylic acids is 1. The van der Waals surface area contributed by atoms with Gasteiger partial charge in [-0.3, -0.25) is 4.79 Å². The molecule has 0 fully saturated rings. The topological polar surface area (TPSA) is 37.3 Å². The second-order valence-electron chi connectivity index (χ2n) is 3.72. The van der Waals surface area contributed by atoms with E-state index >= 15 is 0 Å². The molecule has 0 radical (unpaired) electrons. The maximum absolute atomic E-state index is 10.9. The summed E-state index contributed by atoms with van der Waals surface area (Å²) >= 11 is 5.69. The monoisotopic (exact) mass is 204 g/mol. The summed E-state index contributed by atoms with van der Waals surface area (Å²) in [4.78, 5) is 10.9. The summed E-state index contributed by atoms with van der Waals surface area (Å²) in [7, 11) is 0. The zero-order valence-electron chi connectivity index (χ0n) is 8.54. The number of hydrogen-bond donors (Lipinski definition) is 1. The molecule has 76 valence electrons. The fourth-order valence-corrected chi connectivity index (χ4v) is 1.78. The largest absolute Gasteiger partial charge is 0.481 e. The second kappa shape index (κ2) is 5.28. The Hall–Kier alpha value is -0.500. The van der Waals surface area contributed by atoms with Crippen molar-refractivity contribution in [1.82, 2.24) is 0 Å². The second-order valence-corrected chi connectivity index (χ2v) is 4.32. The highest BCUT2D eigenvalue weighted by Gasteiger charge is 2.26. The summed E-state index contributed by atoms with van der Waals surface area (Å²) in [5.74, 6) is -1.000. The highest BCUT2D eigenvalue weighted by molar-refractivity contribution is 6.29. The lowest BCUT2D eigenvalue weighted by Gasteiger charge is -2.20. The highest BCUT2D eigenvalue weighted by Crippen LogP contribution is 2.23. The third-order valence-electron chi connectivity index (χ3n) is 2.06.